The van der Waals surface area contributed by atoms with Crippen molar-refractivity contribution in [2.24, 2.45) is 0 Å². The number of alkyl halides is 3. The summed E-state index contributed by atoms with van der Waals surface area (Å²) in [5, 5.41) is 9.74. The van der Waals surface area contributed by atoms with E-state index in [9.17, 15) is 18.3 Å². The van der Waals surface area contributed by atoms with Gasteiger partial charge < -0.3 is 9.84 Å². The second-order valence-corrected chi connectivity index (χ2v) is 3.94. The number of ether oxygens (including phenoxy) is 1. The van der Waals surface area contributed by atoms with E-state index < -0.39 is 17.3 Å². The Hall–Kier alpha value is -1.23. The summed E-state index contributed by atoms with van der Waals surface area (Å²) in [7, 11) is 1.15. The minimum Gasteiger partial charge on any atom is -0.496 e. The van der Waals surface area contributed by atoms with Crippen molar-refractivity contribution in [3.05, 3.63) is 29.3 Å². The van der Waals surface area contributed by atoms with Crippen LogP contribution in [0.15, 0.2) is 18.2 Å². The summed E-state index contributed by atoms with van der Waals surface area (Å²) >= 11 is 0. The van der Waals surface area contributed by atoms with Crippen molar-refractivity contribution >= 4 is 0 Å². The molecule has 0 heterocycles. The molecule has 0 radical (unpaired) electrons. The molecule has 5 heteroatoms. The smallest absolute Gasteiger partial charge is 0.419 e. The van der Waals surface area contributed by atoms with E-state index in [2.05, 4.69) is 0 Å². The highest BCUT2D eigenvalue weighted by atomic mass is 19.4. The zero-order chi connectivity index (χ0) is 12.6. The van der Waals surface area contributed by atoms with Crippen LogP contribution in [0.2, 0.25) is 0 Å². The first-order valence-electron chi connectivity index (χ1n) is 4.65. The highest BCUT2D eigenvalue weighted by Crippen LogP contribution is 2.41. The number of halogens is 3. The Morgan fingerprint density at radius 3 is 2.00 bits per heavy atom. The van der Waals surface area contributed by atoms with Crippen molar-refractivity contribution in [1.82, 2.24) is 0 Å². The Balaban J connectivity index is 3.45. The standard InChI is InChI=1S/C11H13F3O2/c1-10(2,15)7-5-4-6-8(9(7)16-3)11(12,13)14/h4-6,15H,1-3H3. The van der Waals surface area contributed by atoms with E-state index >= 15 is 0 Å². The largest absolute Gasteiger partial charge is 0.496 e. The molecular formula is C11H13F3O2. The van der Waals surface area contributed by atoms with Gasteiger partial charge in [-0.15, -0.1) is 0 Å². The highest BCUT2D eigenvalue weighted by molar-refractivity contribution is 5.45. The summed E-state index contributed by atoms with van der Waals surface area (Å²) in [5.41, 5.74) is -2.15. The van der Waals surface area contributed by atoms with Gasteiger partial charge in [0.05, 0.1) is 18.3 Å². The van der Waals surface area contributed by atoms with E-state index in [4.69, 9.17) is 4.74 Å². The fraction of sp³-hybridized carbons (Fsp3) is 0.455. The van der Waals surface area contributed by atoms with Crippen molar-refractivity contribution in [1.29, 1.82) is 0 Å². The van der Waals surface area contributed by atoms with Gasteiger partial charge in [0.1, 0.15) is 5.75 Å². The van der Waals surface area contributed by atoms with Gasteiger partial charge in [0, 0.05) is 5.56 Å². The Morgan fingerprint density at radius 1 is 1.12 bits per heavy atom. The highest BCUT2D eigenvalue weighted by Gasteiger charge is 2.37. The van der Waals surface area contributed by atoms with Crippen LogP contribution in [0.4, 0.5) is 13.2 Å². The molecule has 0 saturated carbocycles. The molecule has 1 aromatic rings. The monoisotopic (exact) mass is 234 g/mol. The molecule has 0 aromatic heterocycles. The van der Waals surface area contributed by atoms with Crippen molar-refractivity contribution in [3.63, 3.8) is 0 Å². The maximum atomic E-state index is 12.6. The first kappa shape index (κ1) is 12.8. The van der Waals surface area contributed by atoms with E-state index in [0.29, 0.717) is 0 Å². The third-order valence-corrected chi connectivity index (χ3v) is 2.18. The topological polar surface area (TPSA) is 29.5 Å². The lowest BCUT2D eigenvalue weighted by atomic mass is 9.95. The average Bonchev–Trinajstić information content (AvgIpc) is 2.13. The lowest BCUT2D eigenvalue weighted by Gasteiger charge is -2.23. The minimum absolute atomic E-state index is 0.116. The molecule has 1 rings (SSSR count). The summed E-state index contributed by atoms with van der Waals surface area (Å²) in [6, 6.07) is 3.58. The van der Waals surface area contributed by atoms with Crippen molar-refractivity contribution in [2.45, 2.75) is 25.6 Å². The fourth-order valence-electron chi connectivity index (χ4n) is 1.46. The van der Waals surface area contributed by atoms with Crippen LogP contribution < -0.4 is 4.74 Å². The number of aliphatic hydroxyl groups is 1. The Morgan fingerprint density at radius 2 is 1.62 bits per heavy atom. The molecule has 1 aromatic carbocycles. The number of hydrogen-bond acceptors (Lipinski definition) is 2. The van der Waals surface area contributed by atoms with E-state index in [1.807, 2.05) is 0 Å². The van der Waals surface area contributed by atoms with Gasteiger partial charge in [-0.3, -0.25) is 0 Å². The Labute approximate surface area is 91.7 Å². The second kappa shape index (κ2) is 3.97. The molecule has 0 saturated heterocycles. The summed E-state index contributed by atoms with van der Waals surface area (Å²) in [5.74, 6) is -0.331. The Kier molecular flexibility index (Phi) is 3.19. The molecule has 0 fully saturated rings. The number of benzene rings is 1. The quantitative estimate of drug-likeness (QED) is 0.852. The van der Waals surface area contributed by atoms with Crippen LogP contribution in [-0.4, -0.2) is 12.2 Å². The summed E-state index contributed by atoms with van der Waals surface area (Å²) in [6.45, 7) is 2.82. The molecule has 1 N–H and O–H groups in total. The first-order valence-corrected chi connectivity index (χ1v) is 4.65. The molecular weight excluding hydrogens is 221 g/mol. The van der Waals surface area contributed by atoms with Gasteiger partial charge >= 0.3 is 6.18 Å². The number of hydrogen-bond donors (Lipinski definition) is 1. The molecule has 16 heavy (non-hydrogen) atoms. The molecule has 0 bridgehead atoms. The van der Waals surface area contributed by atoms with Gasteiger partial charge in [0.15, 0.2) is 0 Å². The zero-order valence-corrected chi connectivity index (χ0v) is 9.22. The van der Waals surface area contributed by atoms with Crippen LogP contribution in [-0.2, 0) is 11.8 Å². The van der Waals surface area contributed by atoms with Crippen LogP contribution in [0.3, 0.4) is 0 Å². The normalized spacial score (nSPS) is 12.7. The lowest BCUT2D eigenvalue weighted by Crippen LogP contribution is -2.19. The maximum Gasteiger partial charge on any atom is 0.419 e. The lowest BCUT2D eigenvalue weighted by molar-refractivity contribution is -0.139. The molecule has 2 nitrogen and oxygen atoms in total. The fourth-order valence-corrected chi connectivity index (χ4v) is 1.46. The van der Waals surface area contributed by atoms with Gasteiger partial charge in [-0.2, -0.15) is 13.2 Å². The van der Waals surface area contributed by atoms with Crippen molar-refractivity contribution in [2.75, 3.05) is 7.11 Å². The summed E-state index contributed by atoms with van der Waals surface area (Å²) in [4.78, 5) is 0. The summed E-state index contributed by atoms with van der Waals surface area (Å²) < 4.78 is 42.7. The SMILES string of the molecule is COc1c(C(C)(C)O)cccc1C(F)(F)F. The third-order valence-electron chi connectivity index (χ3n) is 2.18. The first-order chi connectivity index (χ1) is 7.18. The van der Waals surface area contributed by atoms with E-state index in [1.165, 1.54) is 26.0 Å². The number of rotatable bonds is 2. The molecule has 0 aliphatic rings. The molecule has 0 aliphatic heterocycles. The predicted molar refractivity (Wildman–Crippen MR) is 53.2 cm³/mol. The Bertz CT molecular complexity index is 346. The number of methoxy groups -OCH3 is 1. The summed E-state index contributed by atoms with van der Waals surface area (Å²) in [6.07, 6.45) is -4.49. The molecule has 0 unspecified atom stereocenters. The van der Waals surface area contributed by atoms with E-state index in [0.717, 1.165) is 13.2 Å². The zero-order valence-electron chi connectivity index (χ0n) is 9.22. The van der Waals surface area contributed by atoms with Gasteiger partial charge in [0.2, 0.25) is 0 Å². The third kappa shape index (κ3) is 2.47. The molecule has 90 valence electrons. The van der Waals surface area contributed by atoms with Crippen LogP contribution >= 0.6 is 0 Å². The van der Waals surface area contributed by atoms with Crippen molar-refractivity contribution < 1.29 is 23.0 Å². The van der Waals surface area contributed by atoms with Gasteiger partial charge in [-0.1, -0.05) is 12.1 Å². The van der Waals surface area contributed by atoms with Crippen molar-refractivity contribution in [3.8, 4) is 5.75 Å². The van der Waals surface area contributed by atoms with Gasteiger partial charge in [-0.05, 0) is 19.9 Å². The molecule has 0 aliphatic carbocycles. The van der Waals surface area contributed by atoms with E-state index in [1.54, 1.807) is 0 Å². The average molecular weight is 234 g/mol. The number of para-hydroxylation sites is 1. The van der Waals surface area contributed by atoms with E-state index in [-0.39, 0.29) is 11.3 Å². The molecule has 0 amide bonds. The maximum absolute atomic E-state index is 12.6. The van der Waals surface area contributed by atoms with Crippen LogP contribution in [0.5, 0.6) is 5.75 Å². The second-order valence-electron chi connectivity index (χ2n) is 3.94. The van der Waals surface area contributed by atoms with Crippen LogP contribution in [0.25, 0.3) is 0 Å². The minimum atomic E-state index is -4.49. The molecule has 0 spiro atoms. The van der Waals surface area contributed by atoms with Crippen LogP contribution in [0.1, 0.15) is 25.0 Å². The van der Waals surface area contributed by atoms with Crippen LogP contribution in [0, 0.1) is 0 Å². The predicted octanol–water partition coefficient (Wildman–Crippen LogP) is 2.94. The van der Waals surface area contributed by atoms with Gasteiger partial charge in [0.25, 0.3) is 0 Å². The molecule has 0 atom stereocenters. The van der Waals surface area contributed by atoms with Gasteiger partial charge in [-0.25, -0.2) is 0 Å².